The Morgan fingerprint density at radius 1 is 1.29 bits per heavy atom. The van der Waals surface area contributed by atoms with E-state index in [1.165, 1.54) is 11.1 Å². The Balaban J connectivity index is 2.79. The van der Waals surface area contributed by atoms with Crippen molar-refractivity contribution >= 4 is 6.08 Å². The summed E-state index contributed by atoms with van der Waals surface area (Å²) in [7, 11) is 3.44. The first kappa shape index (κ1) is 11.7. The maximum absolute atomic E-state index is 5.31. The molecule has 0 spiro atoms. The SMILES string of the molecule is C=Cc1ccccc1[CH2][Ti]([O]C)[O]C. The Hall–Kier alpha value is -0.406. The topological polar surface area (TPSA) is 18.5 Å². The molecule has 0 aromatic heterocycles. The number of hydrogen-bond donors (Lipinski definition) is 0. The molecule has 0 radical (unpaired) electrons. The molecule has 0 N–H and O–H groups in total. The average Bonchev–Trinajstić information content (AvgIpc) is 2.26. The van der Waals surface area contributed by atoms with E-state index in [-0.39, 0.29) is 0 Å². The van der Waals surface area contributed by atoms with Gasteiger partial charge in [-0.05, 0) is 0 Å². The molecule has 0 aliphatic rings. The predicted molar refractivity (Wildman–Crippen MR) is 54.3 cm³/mol. The van der Waals surface area contributed by atoms with Crippen molar-refractivity contribution in [3.63, 3.8) is 0 Å². The fourth-order valence-corrected chi connectivity index (χ4v) is 2.98. The molecule has 75 valence electrons. The van der Waals surface area contributed by atoms with Crippen molar-refractivity contribution in [3.8, 4) is 0 Å². The third kappa shape index (κ3) is 3.07. The molecular weight excluding hydrogens is 212 g/mol. The van der Waals surface area contributed by atoms with Crippen molar-refractivity contribution in [1.82, 2.24) is 0 Å². The van der Waals surface area contributed by atoms with Crippen LogP contribution < -0.4 is 0 Å². The molecule has 14 heavy (non-hydrogen) atoms. The van der Waals surface area contributed by atoms with E-state index in [1.54, 1.807) is 14.2 Å². The minimum atomic E-state index is -1.77. The van der Waals surface area contributed by atoms with E-state index in [0.717, 1.165) is 4.73 Å². The van der Waals surface area contributed by atoms with Gasteiger partial charge in [0.2, 0.25) is 0 Å². The molecule has 1 aromatic rings. The third-order valence-corrected chi connectivity index (χ3v) is 4.53. The summed E-state index contributed by atoms with van der Waals surface area (Å²) in [6.45, 7) is 3.79. The monoisotopic (exact) mass is 227 g/mol. The van der Waals surface area contributed by atoms with Crippen LogP contribution in [0.25, 0.3) is 6.08 Å². The van der Waals surface area contributed by atoms with Crippen LogP contribution in [0.5, 0.6) is 0 Å². The molecule has 0 unspecified atom stereocenters. The standard InChI is InChI=1S/C9H9.2CH3O.Ti/c1-3-9-7-5-4-6-8(9)2;2*1-2;/h3-7H,1-2H2;2*1H3;/q;2*-1;+2. The molecule has 2 nitrogen and oxygen atoms in total. The summed E-state index contributed by atoms with van der Waals surface area (Å²) in [5.41, 5.74) is 2.44. The number of benzene rings is 1. The minimum absolute atomic E-state index is 0.912. The molecule has 0 aliphatic carbocycles. The summed E-state index contributed by atoms with van der Waals surface area (Å²) in [4.78, 5) is 0. The molecule has 0 bridgehead atoms. The van der Waals surface area contributed by atoms with E-state index in [4.69, 9.17) is 6.64 Å². The van der Waals surface area contributed by atoms with Gasteiger partial charge in [0.25, 0.3) is 0 Å². The normalized spacial score (nSPS) is 9.86. The molecule has 0 amide bonds. The predicted octanol–water partition coefficient (Wildman–Crippen LogP) is 2.57. The van der Waals surface area contributed by atoms with Crippen molar-refractivity contribution in [1.29, 1.82) is 0 Å². The Bertz CT molecular complexity index is 295. The molecule has 0 fully saturated rings. The van der Waals surface area contributed by atoms with Crippen molar-refractivity contribution in [2.75, 3.05) is 14.2 Å². The van der Waals surface area contributed by atoms with Crippen LogP contribution in [0.15, 0.2) is 30.8 Å². The van der Waals surface area contributed by atoms with E-state index in [9.17, 15) is 0 Å². The first-order valence-corrected chi connectivity index (χ1v) is 6.84. The third-order valence-electron chi connectivity index (χ3n) is 2.07. The zero-order chi connectivity index (χ0) is 10.4. The number of hydrogen-bond acceptors (Lipinski definition) is 2. The van der Waals surface area contributed by atoms with Crippen molar-refractivity contribution in [2.45, 2.75) is 4.73 Å². The van der Waals surface area contributed by atoms with Gasteiger partial charge in [0.1, 0.15) is 0 Å². The summed E-state index contributed by atoms with van der Waals surface area (Å²) in [5.74, 6) is 0. The second kappa shape index (κ2) is 6.15. The second-order valence-corrected chi connectivity index (χ2v) is 5.85. The fourth-order valence-electron chi connectivity index (χ4n) is 1.28. The van der Waals surface area contributed by atoms with Crippen LogP contribution in [0.2, 0.25) is 0 Å². The summed E-state index contributed by atoms with van der Waals surface area (Å²) in [6, 6.07) is 8.20. The van der Waals surface area contributed by atoms with Gasteiger partial charge in [-0.25, -0.2) is 0 Å². The van der Waals surface area contributed by atoms with E-state index >= 15 is 0 Å². The van der Waals surface area contributed by atoms with Gasteiger partial charge >= 0.3 is 92.3 Å². The van der Waals surface area contributed by atoms with Gasteiger partial charge in [0.05, 0.1) is 0 Å². The molecule has 0 saturated heterocycles. The first-order chi connectivity index (χ1) is 6.81. The van der Waals surface area contributed by atoms with E-state index in [1.807, 2.05) is 18.2 Å². The summed E-state index contributed by atoms with van der Waals surface area (Å²) >= 11 is -1.77. The van der Waals surface area contributed by atoms with E-state index in [0.29, 0.717) is 0 Å². The van der Waals surface area contributed by atoms with Gasteiger partial charge in [0, 0.05) is 0 Å². The van der Waals surface area contributed by atoms with E-state index in [2.05, 4.69) is 18.7 Å². The van der Waals surface area contributed by atoms with Crippen molar-refractivity contribution < 1.29 is 25.3 Å². The summed E-state index contributed by atoms with van der Waals surface area (Å²) in [6.07, 6.45) is 1.87. The van der Waals surface area contributed by atoms with Gasteiger partial charge < -0.3 is 0 Å². The van der Waals surface area contributed by atoms with Gasteiger partial charge in [-0.15, -0.1) is 0 Å². The zero-order valence-electron chi connectivity index (χ0n) is 8.62. The van der Waals surface area contributed by atoms with Crippen molar-refractivity contribution in [2.24, 2.45) is 0 Å². The molecule has 0 heterocycles. The van der Waals surface area contributed by atoms with E-state index < -0.39 is 18.6 Å². The maximum atomic E-state index is 5.31. The molecule has 3 heteroatoms. The van der Waals surface area contributed by atoms with Crippen LogP contribution in [-0.2, 0) is 30.0 Å². The van der Waals surface area contributed by atoms with Gasteiger partial charge in [0.15, 0.2) is 0 Å². The molecule has 0 aliphatic heterocycles. The van der Waals surface area contributed by atoms with Crippen LogP contribution in [0, 0.1) is 0 Å². The quantitative estimate of drug-likeness (QED) is 0.719. The Morgan fingerprint density at radius 3 is 2.50 bits per heavy atom. The number of rotatable bonds is 5. The van der Waals surface area contributed by atoms with Crippen LogP contribution in [0.1, 0.15) is 11.1 Å². The van der Waals surface area contributed by atoms with Gasteiger partial charge in [-0.3, -0.25) is 0 Å². The molecule has 1 rings (SSSR count). The first-order valence-electron chi connectivity index (χ1n) is 4.46. The summed E-state index contributed by atoms with van der Waals surface area (Å²) < 4.78 is 11.5. The van der Waals surface area contributed by atoms with Crippen LogP contribution in [0.4, 0.5) is 0 Å². The Morgan fingerprint density at radius 2 is 1.93 bits per heavy atom. The summed E-state index contributed by atoms with van der Waals surface area (Å²) in [5, 5.41) is 0. The molecule has 1 aromatic carbocycles. The zero-order valence-corrected chi connectivity index (χ0v) is 10.2. The van der Waals surface area contributed by atoms with Crippen molar-refractivity contribution in [3.05, 3.63) is 42.0 Å². The van der Waals surface area contributed by atoms with Crippen LogP contribution >= 0.6 is 0 Å². The van der Waals surface area contributed by atoms with Crippen LogP contribution in [0.3, 0.4) is 0 Å². The molecular formula is C11H15O2Ti. The van der Waals surface area contributed by atoms with Crippen LogP contribution in [-0.4, -0.2) is 14.2 Å². The molecule has 0 saturated carbocycles. The van der Waals surface area contributed by atoms with Gasteiger partial charge in [-0.1, -0.05) is 0 Å². The average molecular weight is 227 g/mol. The Kier molecular flexibility index (Phi) is 5.12. The van der Waals surface area contributed by atoms with Gasteiger partial charge in [-0.2, -0.15) is 0 Å². The second-order valence-electron chi connectivity index (χ2n) is 2.86. The molecule has 0 atom stereocenters. The fraction of sp³-hybridized carbons (Fsp3) is 0.273. The Labute approximate surface area is 92.3 Å².